The van der Waals surface area contributed by atoms with Gasteiger partial charge in [0.15, 0.2) is 11.5 Å². The molecule has 3 N–H and O–H groups in total. The lowest BCUT2D eigenvalue weighted by molar-refractivity contribution is 0.322. The maximum Gasteiger partial charge on any atom is 0.203 e. The van der Waals surface area contributed by atoms with Crippen molar-refractivity contribution >= 4 is 0 Å². The van der Waals surface area contributed by atoms with Crippen molar-refractivity contribution in [3.8, 4) is 17.2 Å². The Morgan fingerprint density at radius 3 is 1.89 bits per heavy atom. The molecule has 0 radical (unpaired) electrons. The standard InChI is InChI=1S/C14H24N2O3/c1-9(2)6-11(16-15)10-7-12(17-3)14(19-5)13(8-10)18-4/h7-9,11,16H,6,15H2,1-5H3. The molecule has 0 fully saturated rings. The minimum atomic E-state index is 0.0497. The van der Waals surface area contributed by atoms with Crippen molar-refractivity contribution in [3.63, 3.8) is 0 Å². The molecule has 0 saturated heterocycles. The summed E-state index contributed by atoms with van der Waals surface area (Å²) in [5.41, 5.74) is 3.86. The van der Waals surface area contributed by atoms with Gasteiger partial charge in [0.05, 0.1) is 21.3 Å². The molecule has 1 atom stereocenters. The Morgan fingerprint density at radius 2 is 1.58 bits per heavy atom. The van der Waals surface area contributed by atoms with Crippen LogP contribution in [0.4, 0.5) is 0 Å². The van der Waals surface area contributed by atoms with Crippen molar-refractivity contribution in [2.45, 2.75) is 26.3 Å². The topological polar surface area (TPSA) is 65.7 Å². The first-order valence-electron chi connectivity index (χ1n) is 6.33. The van der Waals surface area contributed by atoms with E-state index in [9.17, 15) is 0 Å². The Morgan fingerprint density at radius 1 is 1.05 bits per heavy atom. The molecule has 0 aliphatic rings. The maximum atomic E-state index is 5.64. The third-order valence-corrected chi connectivity index (χ3v) is 3.00. The second-order valence-corrected chi connectivity index (χ2v) is 4.81. The number of hydrazine groups is 1. The predicted octanol–water partition coefficient (Wildman–Crippen LogP) is 2.26. The average Bonchev–Trinajstić information content (AvgIpc) is 2.42. The monoisotopic (exact) mass is 268 g/mol. The number of methoxy groups -OCH3 is 3. The highest BCUT2D eigenvalue weighted by atomic mass is 16.5. The number of ether oxygens (including phenoxy) is 3. The van der Waals surface area contributed by atoms with Crippen LogP contribution in [0.2, 0.25) is 0 Å². The van der Waals surface area contributed by atoms with Gasteiger partial charge in [0.2, 0.25) is 5.75 Å². The van der Waals surface area contributed by atoms with Crippen molar-refractivity contribution in [1.82, 2.24) is 5.43 Å². The van der Waals surface area contributed by atoms with Gasteiger partial charge < -0.3 is 14.2 Å². The smallest absolute Gasteiger partial charge is 0.203 e. The number of rotatable bonds is 7. The summed E-state index contributed by atoms with van der Waals surface area (Å²) in [6.45, 7) is 4.31. The lowest BCUT2D eigenvalue weighted by Gasteiger charge is -2.21. The van der Waals surface area contributed by atoms with Crippen LogP contribution in [0.25, 0.3) is 0 Å². The van der Waals surface area contributed by atoms with E-state index in [4.69, 9.17) is 20.1 Å². The summed E-state index contributed by atoms with van der Waals surface area (Å²) >= 11 is 0. The van der Waals surface area contributed by atoms with Crippen LogP contribution >= 0.6 is 0 Å². The van der Waals surface area contributed by atoms with Crippen molar-refractivity contribution < 1.29 is 14.2 Å². The molecule has 0 bridgehead atoms. The predicted molar refractivity (Wildman–Crippen MR) is 75.6 cm³/mol. The Hall–Kier alpha value is -1.46. The van der Waals surface area contributed by atoms with Crippen LogP contribution in [0, 0.1) is 5.92 Å². The van der Waals surface area contributed by atoms with E-state index in [1.165, 1.54) is 0 Å². The largest absolute Gasteiger partial charge is 0.493 e. The Bertz CT molecular complexity index is 383. The van der Waals surface area contributed by atoms with Crippen LogP contribution in [0.15, 0.2) is 12.1 Å². The molecule has 0 aromatic heterocycles. The number of hydrogen-bond donors (Lipinski definition) is 2. The summed E-state index contributed by atoms with van der Waals surface area (Å²) in [5, 5.41) is 0. The van der Waals surface area contributed by atoms with Crippen LogP contribution < -0.4 is 25.5 Å². The third kappa shape index (κ3) is 3.75. The highest BCUT2D eigenvalue weighted by Crippen LogP contribution is 2.40. The SMILES string of the molecule is COc1cc(C(CC(C)C)NN)cc(OC)c1OC. The molecule has 108 valence electrons. The molecule has 0 spiro atoms. The van der Waals surface area contributed by atoms with Crippen molar-refractivity contribution in [1.29, 1.82) is 0 Å². The Kier molecular flexibility index (Phi) is 5.92. The normalized spacial score (nSPS) is 12.4. The van der Waals surface area contributed by atoms with Gasteiger partial charge in [0.25, 0.3) is 0 Å². The van der Waals surface area contributed by atoms with Gasteiger partial charge in [0, 0.05) is 6.04 Å². The fourth-order valence-corrected chi connectivity index (χ4v) is 2.07. The first-order chi connectivity index (χ1) is 9.07. The van der Waals surface area contributed by atoms with Crippen LogP contribution in [-0.2, 0) is 0 Å². The van der Waals surface area contributed by atoms with E-state index in [0.29, 0.717) is 23.2 Å². The molecule has 1 unspecified atom stereocenters. The molecule has 5 heteroatoms. The molecular formula is C14H24N2O3. The first kappa shape index (κ1) is 15.6. The molecule has 1 aromatic rings. The zero-order valence-electron chi connectivity index (χ0n) is 12.3. The van der Waals surface area contributed by atoms with Gasteiger partial charge in [-0.25, -0.2) is 0 Å². The summed E-state index contributed by atoms with van der Waals surface area (Å²) in [7, 11) is 4.80. The number of benzene rings is 1. The number of nitrogens with two attached hydrogens (primary N) is 1. The average molecular weight is 268 g/mol. The van der Waals surface area contributed by atoms with Crippen LogP contribution in [0.1, 0.15) is 31.9 Å². The van der Waals surface area contributed by atoms with E-state index in [2.05, 4.69) is 19.3 Å². The summed E-state index contributed by atoms with van der Waals surface area (Å²) in [6.07, 6.45) is 0.926. The highest BCUT2D eigenvalue weighted by molar-refractivity contribution is 5.54. The van der Waals surface area contributed by atoms with Crippen LogP contribution in [0.5, 0.6) is 17.2 Å². The number of nitrogens with one attached hydrogen (secondary N) is 1. The molecule has 1 aromatic carbocycles. The van der Waals surface area contributed by atoms with Crippen molar-refractivity contribution in [3.05, 3.63) is 17.7 Å². The lowest BCUT2D eigenvalue weighted by atomic mass is 9.97. The van der Waals surface area contributed by atoms with Crippen molar-refractivity contribution in [2.75, 3.05) is 21.3 Å². The van der Waals surface area contributed by atoms with Crippen LogP contribution in [0.3, 0.4) is 0 Å². The second-order valence-electron chi connectivity index (χ2n) is 4.81. The fraction of sp³-hybridized carbons (Fsp3) is 0.571. The second kappa shape index (κ2) is 7.21. The van der Waals surface area contributed by atoms with Gasteiger partial charge in [0.1, 0.15) is 0 Å². The zero-order chi connectivity index (χ0) is 14.4. The first-order valence-corrected chi connectivity index (χ1v) is 6.33. The fourth-order valence-electron chi connectivity index (χ4n) is 2.07. The lowest BCUT2D eigenvalue weighted by Crippen LogP contribution is -2.29. The van der Waals surface area contributed by atoms with Gasteiger partial charge in [-0.2, -0.15) is 0 Å². The molecule has 1 rings (SSSR count). The summed E-state index contributed by atoms with van der Waals surface area (Å²) < 4.78 is 16.0. The van der Waals surface area contributed by atoms with E-state index in [-0.39, 0.29) is 6.04 Å². The molecule has 0 amide bonds. The van der Waals surface area contributed by atoms with Gasteiger partial charge in [-0.1, -0.05) is 13.8 Å². The van der Waals surface area contributed by atoms with E-state index in [1.54, 1.807) is 21.3 Å². The molecule has 19 heavy (non-hydrogen) atoms. The molecule has 0 heterocycles. The summed E-state index contributed by atoms with van der Waals surface area (Å²) in [4.78, 5) is 0. The van der Waals surface area contributed by atoms with E-state index < -0.39 is 0 Å². The third-order valence-electron chi connectivity index (χ3n) is 3.00. The van der Waals surface area contributed by atoms with Crippen LogP contribution in [-0.4, -0.2) is 21.3 Å². The quantitative estimate of drug-likeness (QED) is 0.586. The molecule has 0 aliphatic heterocycles. The Balaban J connectivity index is 3.20. The molecule has 0 aliphatic carbocycles. The van der Waals surface area contributed by atoms with Gasteiger partial charge in [-0.3, -0.25) is 11.3 Å². The number of hydrogen-bond acceptors (Lipinski definition) is 5. The molecule has 0 saturated carbocycles. The minimum Gasteiger partial charge on any atom is -0.493 e. The minimum absolute atomic E-state index is 0.0497. The van der Waals surface area contributed by atoms with E-state index in [0.717, 1.165) is 12.0 Å². The summed E-state index contributed by atoms with van der Waals surface area (Å²) in [5.74, 6) is 8.04. The zero-order valence-corrected chi connectivity index (χ0v) is 12.3. The van der Waals surface area contributed by atoms with E-state index in [1.807, 2.05) is 12.1 Å². The van der Waals surface area contributed by atoms with E-state index >= 15 is 0 Å². The maximum absolute atomic E-state index is 5.64. The Labute approximate surface area is 115 Å². The summed E-state index contributed by atoms with van der Waals surface area (Å²) in [6, 6.07) is 3.90. The van der Waals surface area contributed by atoms with Gasteiger partial charge in [-0.05, 0) is 30.0 Å². The highest BCUT2D eigenvalue weighted by Gasteiger charge is 2.18. The molecule has 5 nitrogen and oxygen atoms in total. The van der Waals surface area contributed by atoms with Gasteiger partial charge >= 0.3 is 0 Å². The van der Waals surface area contributed by atoms with Gasteiger partial charge in [-0.15, -0.1) is 0 Å². The molecular weight excluding hydrogens is 244 g/mol. The van der Waals surface area contributed by atoms with Crippen molar-refractivity contribution in [2.24, 2.45) is 11.8 Å².